The quantitative estimate of drug-likeness (QED) is 0.0923. The predicted octanol–water partition coefficient (Wildman–Crippen LogP) is 10.4. The molecule has 2 rings (SSSR count). The average Bonchev–Trinajstić information content (AvgIpc) is 3.63. The monoisotopic (exact) mass is 499 g/mol. The van der Waals surface area contributed by atoms with Gasteiger partial charge in [0.2, 0.25) is 0 Å². The highest BCUT2D eigenvalue weighted by molar-refractivity contribution is 6.06. The van der Waals surface area contributed by atoms with Crippen molar-refractivity contribution in [1.82, 2.24) is 4.98 Å². The third-order valence-electron chi connectivity index (χ3n) is 7.03. The number of hydrogen-bond acceptors (Lipinski definition) is 2. The van der Waals surface area contributed by atoms with E-state index in [0.717, 1.165) is 60.8 Å². The maximum atomic E-state index is 13.1. The molecule has 0 aromatic carbocycles. The molecule has 0 spiro atoms. The number of aromatic nitrogens is 1. The Morgan fingerprint density at radius 1 is 1.11 bits per heavy atom. The van der Waals surface area contributed by atoms with Gasteiger partial charge in [-0.2, -0.15) is 0 Å². The van der Waals surface area contributed by atoms with Crippen LogP contribution in [0.3, 0.4) is 0 Å². The Bertz CT molecular complexity index is 1030. The molecular formula is C35H49NO. The van der Waals surface area contributed by atoms with Crippen molar-refractivity contribution in [2.24, 2.45) is 11.8 Å². The van der Waals surface area contributed by atoms with Crippen molar-refractivity contribution in [3.05, 3.63) is 95.4 Å². The zero-order valence-electron chi connectivity index (χ0n) is 24.1. The Morgan fingerprint density at radius 3 is 2.54 bits per heavy atom. The molecule has 1 aliphatic rings. The van der Waals surface area contributed by atoms with Gasteiger partial charge in [-0.05, 0) is 87.5 Å². The summed E-state index contributed by atoms with van der Waals surface area (Å²) in [4.78, 5) is 17.4. The SMILES string of the molecule is C=C1CC1C(=O)c1cnccc1C(=C\CCCC)/C(/C=C\CCCCC(/C=C\C)=C/C(C)CCC)=C/C. The van der Waals surface area contributed by atoms with Crippen molar-refractivity contribution in [2.75, 3.05) is 0 Å². The Labute approximate surface area is 227 Å². The molecular weight excluding hydrogens is 450 g/mol. The number of hydrogen-bond donors (Lipinski definition) is 0. The summed E-state index contributed by atoms with van der Waals surface area (Å²) in [7, 11) is 0. The van der Waals surface area contributed by atoms with Crippen LogP contribution in [0.1, 0.15) is 115 Å². The smallest absolute Gasteiger partial charge is 0.172 e. The van der Waals surface area contributed by atoms with E-state index in [-0.39, 0.29) is 11.7 Å². The summed E-state index contributed by atoms with van der Waals surface area (Å²) < 4.78 is 0. The maximum Gasteiger partial charge on any atom is 0.172 e. The summed E-state index contributed by atoms with van der Waals surface area (Å²) in [5.41, 5.74) is 6.55. The van der Waals surface area contributed by atoms with Crippen molar-refractivity contribution < 1.29 is 4.79 Å². The van der Waals surface area contributed by atoms with Gasteiger partial charge in [0, 0.05) is 23.9 Å². The largest absolute Gasteiger partial charge is 0.293 e. The fraction of sp³-hybridized carbons (Fsp3) is 0.486. The molecule has 0 aliphatic heterocycles. The highest BCUT2D eigenvalue weighted by atomic mass is 16.1. The molecule has 2 heteroatoms. The first-order chi connectivity index (χ1) is 18.0. The van der Waals surface area contributed by atoms with Crippen molar-refractivity contribution in [2.45, 2.75) is 98.8 Å². The number of nitrogens with zero attached hydrogens (tertiary/aromatic N) is 1. The number of ketones is 1. The number of carbonyl (C=O) groups excluding carboxylic acids is 1. The first-order valence-corrected chi connectivity index (χ1v) is 14.5. The van der Waals surface area contributed by atoms with Crippen LogP contribution in [0, 0.1) is 11.8 Å². The van der Waals surface area contributed by atoms with Crippen LogP contribution in [-0.2, 0) is 0 Å². The molecule has 1 aliphatic carbocycles. The molecule has 0 N–H and O–H groups in total. The molecule has 1 saturated carbocycles. The lowest BCUT2D eigenvalue weighted by molar-refractivity contribution is 0.0972. The van der Waals surface area contributed by atoms with Crippen LogP contribution in [0.4, 0.5) is 0 Å². The summed E-state index contributed by atoms with van der Waals surface area (Å²) in [6, 6.07) is 2.00. The zero-order chi connectivity index (χ0) is 27.0. The normalized spacial score (nSPS) is 17.7. The van der Waals surface area contributed by atoms with Crippen molar-refractivity contribution >= 4 is 11.4 Å². The van der Waals surface area contributed by atoms with E-state index >= 15 is 0 Å². The van der Waals surface area contributed by atoms with Gasteiger partial charge in [0.15, 0.2) is 5.78 Å². The summed E-state index contributed by atoms with van der Waals surface area (Å²) in [6.45, 7) is 15.0. The van der Waals surface area contributed by atoms with Gasteiger partial charge in [0.25, 0.3) is 0 Å². The second-order valence-electron chi connectivity index (χ2n) is 10.4. The van der Waals surface area contributed by atoms with E-state index in [9.17, 15) is 4.79 Å². The zero-order valence-corrected chi connectivity index (χ0v) is 24.1. The summed E-state index contributed by atoms with van der Waals surface area (Å²) in [5, 5.41) is 0. The van der Waals surface area contributed by atoms with E-state index in [4.69, 9.17) is 0 Å². The van der Waals surface area contributed by atoms with Crippen LogP contribution < -0.4 is 0 Å². The summed E-state index contributed by atoms with van der Waals surface area (Å²) in [5.74, 6) is 0.775. The van der Waals surface area contributed by atoms with Gasteiger partial charge in [-0.1, -0.05) is 100 Å². The predicted molar refractivity (Wildman–Crippen MR) is 162 cm³/mol. The van der Waals surface area contributed by atoms with E-state index in [1.807, 2.05) is 6.07 Å². The Kier molecular flexibility index (Phi) is 13.9. The molecule has 1 aromatic rings. The Hall–Kier alpha value is -2.74. The molecule has 0 saturated heterocycles. The number of Topliss-reactive ketones (excluding diaryl/α,β-unsaturated/α-hetero) is 1. The van der Waals surface area contributed by atoms with Gasteiger partial charge in [-0.25, -0.2) is 0 Å². The van der Waals surface area contributed by atoms with Gasteiger partial charge in [-0.15, -0.1) is 0 Å². The highest BCUT2D eigenvalue weighted by Crippen LogP contribution is 2.40. The van der Waals surface area contributed by atoms with Gasteiger partial charge in [0.05, 0.1) is 0 Å². The van der Waals surface area contributed by atoms with Crippen molar-refractivity contribution in [3.8, 4) is 0 Å². The van der Waals surface area contributed by atoms with Crippen LogP contribution >= 0.6 is 0 Å². The van der Waals surface area contributed by atoms with Gasteiger partial charge >= 0.3 is 0 Å². The third kappa shape index (κ3) is 10.3. The summed E-state index contributed by atoms with van der Waals surface area (Å²) >= 11 is 0. The second kappa shape index (κ2) is 16.9. The Morgan fingerprint density at radius 2 is 1.89 bits per heavy atom. The molecule has 2 atom stereocenters. The Balaban J connectivity index is 2.10. The van der Waals surface area contributed by atoms with Gasteiger partial charge in [0.1, 0.15) is 0 Å². The second-order valence-corrected chi connectivity index (χ2v) is 10.4. The average molecular weight is 500 g/mol. The van der Waals surface area contributed by atoms with E-state index < -0.39 is 0 Å². The minimum absolute atomic E-state index is 0.0316. The van der Waals surface area contributed by atoms with Gasteiger partial charge in [-0.3, -0.25) is 9.78 Å². The highest BCUT2D eigenvalue weighted by Gasteiger charge is 2.36. The van der Waals surface area contributed by atoms with Crippen molar-refractivity contribution in [3.63, 3.8) is 0 Å². The molecule has 37 heavy (non-hydrogen) atoms. The molecule has 1 heterocycles. The number of unbranched alkanes of at least 4 members (excludes halogenated alkanes) is 4. The van der Waals surface area contributed by atoms with E-state index in [0.29, 0.717) is 5.92 Å². The molecule has 0 radical (unpaired) electrons. The molecule has 1 aromatic heterocycles. The van der Waals surface area contributed by atoms with E-state index in [1.54, 1.807) is 12.4 Å². The molecule has 2 nitrogen and oxygen atoms in total. The van der Waals surface area contributed by atoms with Gasteiger partial charge < -0.3 is 0 Å². The first kappa shape index (κ1) is 30.5. The van der Waals surface area contributed by atoms with Crippen molar-refractivity contribution in [1.29, 1.82) is 0 Å². The third-order valence-corrected chi connectivity index (χ3v) is 7.03. The standard InChI is InChI=1S/C35H49NO/c1-7-11-14-21-31(32-22-23-36-26-34(32)35(37)33-25-28(33)6)30(10-4)20-16-13-12-15-19-29(18-9-3)24-27(5)17-8-2/h9-10,16,18,20-24,26-27,33H,6-8,11-15,17,19,25H2,1-5H3/b18-9-,20-16-,29-24+,30-10+,31-21-. The fourth-order valence-electron chi connectivity index (χ4n) is 4.81. The molecule has 200 valence electrons. The van der Waals surface area contributed by atoms with Crippen LogP contribution in [0.5, 0.6) is 0 Å². The molecule has 0 amide bonds. The minimum atomic E-state index is -0.0316. The van der Waals surface area contributed by atoms with Crippen LogP contribution in [-0.4, -0.2) is 10.8 Å². The number of rotatable bonds is 17. The molecule has 2 unspecified atom stereocenters. The van der Waals surface area contributed by atoms with E-state index in [1.165, 1.54) is 36.8 Å². The van der Waals surface area contributed by atoms with Crippen LogP contribution in [0.2, 0.25) is 0 Å². The van der Waals surface area contributed by atoms with Crippen LogP contribution in [0.25, 0.3) is 5.57 Å². The molecule has 1 fully saturated rings. The number of allylic oxidation sites excluding steroid dienone is 11. The number of pyridine rings is 1. The number of carbonyl (C=O) groups is 1. The topological polar surface area (TPSA) is 30.0 Å². The summed E-state index contributed by atoms with van der Waals surface area (Å²) in [6.07, 6.45) is 30.6. The van der Waals surface area contributed by atoms with E-state index in [2.05, 4.69) is 88.7 Å². The lowest BCUT2D eigenvalue weighted by Crippen LogP contribution is -2.07. The molecule has 0 bridgehead atoms. The lowest BCUT2D eigenvalue weighted by Gasteiger charge is -2.14. The fourth-order valence-corrected chi connectivity index (χ4v) is 4.81. The lowest BCUT2D eigenvalue weighted by atomic mass is 9.90. The minimum Gasteiger partial charge on any atom is -0.293 e. The van der Waals surface area contributed by atoms with Crippen LogP contribution in [0.15, 0.2) is 84.3 Å². The maximum absolute atomic E-state index is 13.1. The first-order valence-electron chi connectivity index (χ1n) is 14.5.